The van der Waals surface area contributed by atoms with Crippen molar-refractivity contribution in [1.29, 1.82) is 0 Å². The zero-order chi connectivity index (χ0) is 52.6. The SMILES string of the molecule is [C-]#[N+]c1ccc2c3c([nH]c2c1)C(C)(C)c1cc(N2CCC(N4CCN(C(=O)CCCCC(=O)N[C@H](C(=O)N5C[C@H](O)C[C@H]5C(=O)NCc5ccc(-c6scnc6C)cc5)C(C)(C)C)CC4)CC2)c(CC)cc1C3=O. The number of carbonyl (C=O) groups is 5. The van der Waals surface area contributed by atoms with E-state index in [1.165, 1.54) is 16.2 Å². The number of aryl methyl sites for hydroxylation is 2. The standard InChI is InChI=1S/C58H71N9O6S/c1-9-37-28-43-44(58(6,7)53-50(51(43)71)42-19-18-39(59-8)29-45(42)62-53)31-46(37)65-22-20-40(21-23-65)64-24-26-66(27-25-64)49(70)13-11-10-12-48(69)63-54(57(3,4)5)56(73)67-33-41(68)30-47(67)55(72)60-32-36-14-16-38(17-15-36)52-35(2)61-34-74-52/h14-19,28-29,31,34,40-41,47,54,62,68H,9-13,20-27,30,32-33H2,1-7H3,(H,60,72)(H,63,69)/t41-,47+,54-/m1/s1. The first-order chi connectivity index (χ1) is 35.4. The maximum absolute atomic E-state index is 14.2. The quantitative estimate of drug-likeness (QED) is 0.0634. The predicted molar refractivity (Wildman–Crippen MR) is 289 cm³/mol. The Kier molecular flexibility index (Phi) is 15.2. The molecule has 0 unspecified atom stereocenters. The number of likely N-dealkylation sites (tertiary alicyclic amines) is 1. The number of aromatic nitrogens is 2. The zero-order valence-corrected chi connectivity index (χ0v) is 44.8. The van der Waals surface area contributed by atoms with E-state index in [2.05, 4.69) is 68.2 Å². The molecule has 1 aliphatic carbocycles. The predicted octanol–water partition coefficient (Wildman–Crippen LogP) is 8.07. The number of fused-ring (bicyclic) bond motifs is 4. The van der Waals surface area contributed by atoms with Crippen LogP contribution in [0.5, 0.6) is 0 Å². The first kappa shape index (κ1) is 52.5. The second kappa shape index (κ2) is 21.4. The summed E-state index contributed by atoms with van der Waals surface area (Å²) in [6.07, 6.45) is 3.63. The number of ketones is 1. The lowest BCUT2D eigenvalue weighted by Crippen LogP contribution is -2.57. The van der Waals surface area contributed by atoms with Gasteiger partial charge in [-0.15, -0.1) is 11.3 Å². The van der Waals surface area contributed by atoms with Gasteiger partial charge in [-0.3, -0.25) is 28.9 Å². The Bertz CT molecular complexity index is 2980. The molecule has 390 valence electrons. The average Bonchev–Trinajstić information content (AvgIpc) is 4.14. The van der Waals surface area contributed by atoms with Crippen LogP contribution in [-0.4, -0.2) is 129 Å². The average molecular weight is 1020 g/mol. The number of unbranched alkanes of at least 4 members (excludes halogenated alkanes) is 1. The number of nitrogens with zero attached hydrogens (tertiary/aromatic N) is 6. The van der Waals surface area contributed by atoms with Gasteiger partial charge in [0.2, 0.25) is 23.6 Å². The molecule has 3 saturated heterocycles. The van der Waals surface area contributed by atoms with Gasteiger partial charge < -0.3 is 35.4 Å². The van der Waals surface area contributed by atoms with Gasteiger partial charge in [0.05, 0.1) is 34.3 Å². The molecule has 4 aliphatic rings. The van der Waals surface area contributed by atoms with Crippen LogP contribution < -0.4 is 15.5 Å². The molecule has 3 aromatic carbocycles. The number of piperidine rings is 1. The summed E-state index contributed by atoms with van der Waals surface area (Å²) >= 11 is 1.58. The molecule has 15 nitrogen and oxygen atoms in total. The lowest BCUT2D eigenvalue weighted by atomic mass is 9.70. The molecule has 5 heterocycles. The minimum atomic E-state index is -0.918. The number of carbonyl (C=O) groups excluding carboxylic acids is 5. The van der Waals surface area contributed by atoms with Crippen molar-refractivity contribution >= 4 is 63.0 Å². The monoisotopic (exact) mass is 1020 g/mol. The maximum atomic E-state index is 14.2. The Hall–Kier alpha value is -6.41. The van der Waals surface area contributed by atoms with Gasteiger partial charge in [-0.2, -0.15) is 0 Å². The molecule has 2 aromatic heterocycles. The number of aliphatic hydroxyl groups excluding tert-OH is 1. The number of rotatable bonds is 14. The number of piperazine rings is 1. The van der Waals surface area contributed by atoms with Crippen molar-refractivity contribution in [3.05, 3.63) is 111 Å². The van der Waals surface area contributed by atoms with Gasteiger partial charge in [0.15, 0.2) is 11.5 Å². The lowest BCUT2D eigenvalue weighted by Gasteiger charge is -2.44. The molecular formula is C58H71N9O6S. The number of benzene rings is 3. The van der Waals surface area contributed by atoms with Crippen molar-refractivity contribution in [3.8, 4) is 10.4 Å². The second-order valence-corrected chi connectivity index (χ2v) is 23.2. The van der Waals surface area contributed by atoms with Crippen molar-refractivity contribution in [1.82, 2.24) is 35.3 Å². The lowest BCUT2D eigenvalue weighted by molar-refractivity contribution is -0.144. The van der Waals surface area contributed by atoms with Gasteiger partial charge in [0.25, 0.3) is 0 Å². The van der Waals surface area contributed by atoms with Crippen LogP contribution in [0.25, 0.3) is 26.2 Å². The molecule has 5 aromatic rings. The number of amides is 4. The molecule has 16 heteroatoms. The molecule has 3 atom stereocenters. The molecule has 0 radical (unpaired) electrons. The van der Waals surface area contributed by atoms with Crippen molar-refractivity contribution in [3.63, 3.8) is 0 Å². The van der Waals surface area contributed by atoms with Crippen LogP contribution in [0.2, 0.25) is 0 Å². The van der Waals surface area contributed by atoms with Gasteiger partial charge in [0.1, 0.15) is 12.1 Å². The maximum Gasteiger partial charge on any atom is 0.246 e. The minimum absolute atomic E-state index is 0.000231. The highest BCUT2D eigenvalue weighted by molar-refractivity contribution is 7.13. The first-order valence-electron chi connectivity index (χ1n) is 26.4. The van der Waals surface area contributed by atoms with Crippen LogP contribution in [0, 0.1) is 18.9 Å². The molecular weight excluding hydrogens is 951 g/mol. The number of thiazole rings is 1. The first-order valence-corrected chi connectivity index (χ1v) is 27.3. The van der Waals surface area contributed by atoms with Crippen LogP contribution >= 0.6 is 11.3 Å². The van der Waals surface area contributed by atoms with E-state index in [0.717, 1.165) is 94.9 Å². The van der Waals surface area contributed by atoms with E-state index in [1.807, 2.05) is 74.5 Å². The highest BCUT2D eigenvalue weighted by atomic mass is 32.1. The Morgan fingerprint density at radius 1 is 0.973 bits per heavy atom. The topological polar surface area (TPSA) is 176 Å². The van der Waals surface area contributed by atoms with E-state index >= 15 is 0 Å². The van der Waals surface area contributed by atoms with Crippen molar-refractivity contribution in [2.24, 2.45) is 5.41 Å². The summed E-state index contributed by atoms with van der Waals surface area (Å²) in [6.45, 7) is 26.6. The summed E-state index contributed by atoms with van der Waals surface area (Å²) in [5, 5.41) is 17.4. The van der Waals surface area contributed by atoms with Gasteiger partial charge in [-0.25, -0.2) is 9.83 Å². The molecule has 0 spiro atoms. The number of anilines is 1. The van der Waals surface area contributed by atoms with Crippen molar-refractivity contribution < 1.29 is 29.1 Å². The number of hydrogen-bond acceptors (Lipinski definition) is 10. The molecule has 74 heavy (non-hydrogen) atoms. The van der Waals surface area contributed by atoms with E-state index in [9.17, 15) is 29.1 Å². The normalized spacial score (nSPS) is 19.5. The molecule has 0 saturated carbocycles. The zero-order valence-electron chi connectivity index (χ0n) is 44.0. The van der Waals surface area contributed by atoms with Gasteiger partial charge in [-0.1, -0.05) is 77.9 Å². The highest BCUT2D eigenvalue weighted by Gasteiger charge is 2.45. The Morgan fingerprint density at radius 2 is 1.69 bits per heavy atom. The Morgan fingerprint density at radius 3 is 2.35 bits per heavy atom. The van der Waals surface area contributed by atoms with E-state index < -0.39 is 34.9 Å². The van der Waals surface area contributed by atoms with Gasteiger partial charge >= 0.3 is 0 Å². The molecule has 9 rings (SSSR count). The van der Waals surface area contributed by atoms with Crippen LogP contribution in [-0.2, 0) is 37.6 Å². The molecule has 0 bridgehead atoms. The fourth-order valence-electron chi connectivity index (χ4n) is 11.7. The third-order valence-corrected chi connectivity index (χ3v) is 17.0. The summed E-state index contributed by atoms with van der Waals surface area (Å²) in [7, 11) is 0. The van der Waals surface area contributed by atoms with Crippen LogP contribution in [0.1, 0.15) is 130 Å². The van der Waals surface area contributed by atoms with Crippen LogP contribution in [0.3, 0.4) is 0 Å². The molecule has 4 N–H and O–H groups in total. The van der Waals surface area contributed by atoms with Gasteiger partial charge in [-0.05, 0) is 84.9 Å². The van der Waals surface area contributed by atoms with E-state index in [4.69, 9.17) is 6.57 Å². The summed E-state index contributed by atoms with van der Waals surface area (Å²) in [5.41, 5.74) is 10.8. The molecule has 3 aliphatic heterocycles. The second-order valence-electron chi connectivity index (χ2n) is 22.3. The highest BCUT2D eigenvalue weighted by Crippen LogP contribution is 2.46. The number of nitrogens with one attached hydrogen (secondary N) is 3. The van der Waals surface area contributed by atoms with E-state index in [1.54, 1.807) is 17.4 Å². The number of hydrogen-bond donors (Lipinski definition) is 4. The molecule has 4 amide bonds. The third-order valence-electron chi connectivity index (χ3n) is 16.0. The number of aliphatic hydroxyl groups is 1. The number of β-amino-alcohol motifs (C(OH)–C–C–N with tert-alkyl or cyclic N) is 1. The third kappa shape index (κ3) is 10.6. The van der Waals surface area contributed by atoms with Gasteiger partial charge in [0, 0.05) is 111 Å². The van der Waals surface area contributed by atoms with E-state index in [-0.39, 0.29) is 49.4 Å². The largest absolute Gasteiger partial charge is 0.391 e. The summed E-state index contributed by atoms with van der Waals surface area (Å²) < 4.78 is 0. The number of H-pyrrole nitrogens is 1. The van der Waals surface area contributed by atoms with Crippen LogP contribution in [0.15, 0.2) is 60.1 Å². The van der Waals surface area contributed by atoms with Crippen molar-refractivity contribution in [2.75, 3.05) is 50.7 Å². The fraction of sp³-hybridized carbons (Fsp3) is 0.500. The minimum Gasteiger partial charge on any atom is -0.391 e. The fourth-order valence-corrected chi connectivity index (χ4v) is 12.5. The summed E-state index contributed by atoms with van der Waals surface area (Å²) in [4.78, 5) is 89.6. The summed E-state index contributed by atoms with van der Waals surface area (Å²) in [5.74, 6) is -0.921. The van der Waals surface area contributed by atoms with Crippen molar-refractivity contribution in [2.45, 2.75) is 136 Å². The Labute approximate surface area is 438 Å². The summed E-state index contributed by atoms with van der Waals surface area (Å²) in [6, 6.07) is 16.4. The van der Waals surface area contributed by atoms with E-state index in [0.29, 0.717) is 49.6 Å². The Balaban J connectivity index is 0.716. The smallest absolute Gasteiger partial charge is 0.246 e. The number of aromatic amines is 1. The van der Waals surface area contributed by atoms with Crippen LogP contribution in [0.4, 0.5) is 11.4 Å². The molecule has 3 fully saturated rings.